The highest BCUT2D eigenvalue weighted by Crippen LogP contribution is 2.71. The fourth-order valence-electron chi connectivity index (χ4n) is 5.18. The van der Waals surface area contributed by atoms with Crippen molar-refractivity contribution in [3.05, 3.63) is 0 Å². The Hall–Kier alpha value is -0.610. The smallest absolute Gasteiger partial charge is 0.324 e. The van der Waals surface area contributed by atoms with Crippen molar-refractivity contribution in [2.45, 2.75) is 58.5 Å². The summed E-state index contributed by atoms with van der Waals surface area (Å²) in [6, 6.07) is -0.577. The van der Waals surface area contributed by atoms with E-state index in [2.05, 4.69) is 39.8 Å². The fraction of sp³-hybridized carbons (Fsp3) is 0.938. The van der Waals surface area contributed by atoms with Crippen LogP contribution in [-0.2, 0) is 9.53 Å². The maximum atomic E-state index is 12.3. The Bertz CT molecular complexity index is 407. The number of fused-ring (bicyclic) bond motifs is 2. The molecular formula is C16H30N2O2. The Morgan fingerprint density at radius 1 is 1.40 bits per heavy atom. The third-order valence-corrected chi connectivity index (χ3v) is 6.80. The molecule has 0 aromatic rings. The molecule has 116 valence electrons. The van der Waals surface area contributed by atoms with E-state index in [0.717, 1.165) is 12.8 Å². The molecule has 4 heteroatoms. The van der Waals surface area contributed by atoms with Gasteiger partial charge in [-0.2, -0.15) is 0 Å². The van der Waals surface area contributed by atoms with Gasteiger partial charge in [0.25, 0.3) is 0 Å². The van der Waals surface area contributed by atoms with E-state index in [-0.39, 0.29) is 22.3 Å². The summed E-state index contributed by atoms with van der Waals surface area (Å²) in [5.74, 6) is 0.376. The molecule has 0 saturated heterocycles. The van der Waals surface area contributed by atoms with E-state index in [1.54, 1.807) is 0 Å². The maximum absolute atomic E-state index is 12.3. The number of carbonyl (C=O) groups is 1. The van der Waals surface area contributed by atoms with Gasteiger partial charge in [-0.05, 0) is 57.0 Å². The molecule has 20 heavy (non-hydrogen) atoms. The second-order valence-electron chi connectivity index (χ2n) is 7.54. The number of ether oxygens (including phenoxy) is 1. The lowest BCUT2D eigenvalue weighted by Gasteiger charge is -2.54. The normalized spacial score (nSPS) is 40.1. The van der Waals surface area contributed by atoms with Crippen LogP contribution in [0.2, 0.25) is 0 Å². The Morgan fingerprint density at radius 3 is 2.35 bits per heavy atom. The van der Waals surface area contributed by atoms with E-state index in [0.29, 0.717) is 12.5 Å². The van der Waals surface area contributed by atoms with Crippen molar-refractivity contribution in [3.63, 3.8) is 0 Å². The van der Waals surface area contributed by atoms with E-state index < -0.39 is 6.04 Å². The quantitative estimate of drug-likeness (QED) is 0.802. The van der Waals surface area contributed by atoms with Gasteiger partial charge in [0.2, 0.25) is 0 Å². The molecule has 2 N–H and O–H groups in total. The van der Waals surface area contributed by atoms with Crippen LogP contribution in [0.1, 0.15) is 47.0 Å². The minimum atomic E-state index is -0.577. The van der Waals surface area contributed by atoms with Crippen molar-refractivity contribution in [2.75, 3.05) is 20.7 Å². The average molecular weight is 282 g/mol. The molecule has 0 aromatic carbocycles. The Morgan fingerprint density at radius 2 is 2.00 bits per heavy atom. The molecule has 2 rings (SSSR count). The van der Waals surface area contributed by atoms with Crippen molar-refractivity contribution >= 4 is 5.97 Å². The van der Waals surface area contributed by atoms with Gasteiger partial charge in [0.1, 0.15) is 6.04 Å². The van der Waals surface area contributed by atoms with Crippen LogP contribution in [-0.4, -0.2) is 43.2 Å². The van der Waals surface area contributed by atoms with E-state index >= 15 is 0 Å². The monoisotopic (exact) mass is 282 g/mol. The molecule has 0 amide bonds. The first-order valence-electron chi connectivity index (χ1n) is 7.75. The van der Waals surface area contributed by atoms with Crippen molar-refractivity contribution in [1.82, 2.24) is 4.90 Å². The number of nitrogens with two attached hydrogens (primary N) is 1. The first-order chi connectivity index (χ1) is 9.15. The SMILES string of the molecule is CCOC(=O)C(N)C1(N(C)C)CC2CCC1(C)C2(C)C. The van der Waals surface area contributed by atoms with Gasteiger partial charge in [0, 0.05) is 0 Å². The summed E-state index contributed by atoms with van der Waals surface area (Å²) in [5, 5.41) is 0. The number of esters is 1. The van der Waals surface area contributed by atoms with Gasteiger partial charge in [0.05, 0.1) is 12.1 Å². The lowest BCUT2D eigenvalue weighted by molar-refractivity contribution is -0.153. The summed E-state index contributed by atoms with van der Waals surface area (Å²) in [6.45, 7) is 9.22. The number of hydrogen-bond donors (Lipinski definition) is 1. The molecule has 0 spiro atoms. The van der Waals surface area contributed by atoms with Crippen LogP contribution in [0.4, 0.5) is 0 Å². The van der Waals surface area contributed by atoms with Crippen LogP contribution in [0.15, 0.2) is 0 Å². The van der Waals surface area contributed by atoms with E-state index in [4.69, 9.17) is 10.5 Å². The zero-order valence-corrected chi connectivity index (χ0v) is 13.8. The molecule has 2 bridgehead atoms. The third kappa shape index (κ3) is 1.64. The average Bonchev–Trinajstić information content (AvgIpc) is 2.69. The highest BCUT2D eigenvalue weighted by Gasteiger charge is 2.72. The van der Waals surface area contributed by atoms with Crippen molar-refractivity contribution in [1.29, 1.82) is 0 Å². The maximum Gasteiger partial charge on any atom is 0.324 e. The predicted molar refractivity (Wildman–Crippen MR) is 80.3 cm³/mol. The van der Waals surface area contributed by atoms with Crippen molar-refractivity contribution < 1.29 is 9.53 Å². The molecule has 2 aliphatic carbocycles. The zero-order valence-electron chi connectivity index (χ0n) is 13.8. The fourth-order valence-corrected chi connectivity index (χ4v) is 5.18. The van der Waals surface area contributed by atoms with Crippen LogP contribution in [0.25, 0.3) is 0 Å². The van der Waals surface area contributed by atoms with Crippen LogP contribution >= 0.6 is 0 Å². The first-order valence-corrected chi connectivity index (χ1v) is 7.75. The molecule has 4 atom stereocenters. The topological polar surface area (TPSA) is 55.6 Å². The highest BCUT2D eigenvalue weighted by atomic mass is 16.5. The minimum absolute atomic E-state index is 0.0420. The Balaban J connectivity index is 2.46. The molecule has 0 heterocycles. The van der Waals surface area contributed by atoms with Gasteiger partial charge in [-0.15, -0.1) is 0 Å². The summed E-state index contributed by atoms with van der Waals surface area (Å²) >= 11 is 0. The lowest BCUT2D eigenvalue weighted by atomic mass is 9.59. The van der Waals surface area contributed by atoms with Crippen molar-refractivity contribution in [3.8, 4) is 0 Å². The number of nitrogens with zero attached hydrogens (tertiary/aromatic N) is 1. The van der Waals surface area contributed by atoms with Crippen LogP contribution in [0, 0.1) is 16.7 Å². The lowest BCUT2D eigenvalue weighted by Crippen LogP contribution is -2.68. The second-order valence-corrected chi connectivity index (χ2v) is 7.54. The summed E-state index contributed by atoms with van der Waals surface area (Å²) < 4.78 is 5.22. The van der Waals surface area contributed by atoms with E-state index in [9.17, 15) is 4.79 Å². The largest absolute Gasteiger partial charge is 0.465 e. The molecule has 2 fully saturated rings. The van der Waals surface area contributed by atoms with Crippen molar-refractivity contribution in [2.24, 2.45) is 22.5 Å². The minimum Gasteiger partial charge on any atom is -0.465 e. The van der Waals surface area contributed by atoms with E-state index in [1.165, 1.54) is 6.42 Å². The zero-order chi connectivity index (χ0) is 15.3. The third-order valence-electron chi connectivity index (χ3n) is 6.80. The van der Waals surface area contributed by atoms with Crippen LogP contribution < -0.4 is 5.73 Å². The van der Waals surface area contributed by atoms with Gasteiger partial charge in [-0.25, -0.2) is 0 Å². The Labute approximate surface area is 123 Å². The summed E-state index contributed by atoms with van der Waals surface area (Å²) in [4.78, 5) is 14.5. The predicted octanol–water partition coefficient (Wildman–Crippen LogP) is 2.02. The van der Waals surface area contributed by atoms with Gasteiger partial charge in [-0.1, -0.05) is 20.8 Å². The summed E-state index contributed by atoms with van der Waals surface area (Å²) in [5.41, 5.74) is 6.37. The summed E-state index contributed by atoms with van der Waals surface area (Å²) in [6.07, 6.45) is 3.37. The number of likely N-dealkylation sites (N-methyl/N-ethyl adjacent to an activating group) is 1. The van der Waals surface area contributed by atoms with Gasteiger partial charge < -0.3 is 15.4 Å². The molecule has 0 aromatic heterocycles. The van der Waals surface area contributed by atoms with Gasteiger partial charge >= 0.3 is 5.97 Å². The van der Waals surface area contributed by atoms with Crippen LogP contribution in [0.3, 0.4) is 0 Å². The molecule has 4 unspecified atom stereocenters. The van der Waals surface area contributed by atoms with E-state index in [1.807, 2.05) is 6.92 Å². The highest BCUT2D eigenvalue weighted by molar-refractivity contribution is 5.78. The van der Waals surface area contributed by atoms with Gasteiger partial charge in [-0.3, -0.25) is 4.79 Å². The second kappa shape index (κ2) is 4.70. The molecule has 0 radical (unpaired) electrons. The molecular weight excluding hydrogens is 252 g/mol. The standard InChI is InChI=1S/C16H30N2O2/c1-7-20-13(19)12(17)16(18(5)6)10-11-8-9-15(16,4)14(11,2)3/h11-12H,7-10,17H2,1-6H3. The number of carbonyl (C=O) groups excluding carboxylic acids is 1. The Kier molecular flexibility index (Phi) is 3.71. The van der Waals surface area contributed by atoms with Crippen LogP contribution in [0.5, 0.6) is 0 Å². The molecule has 2 aliphatic rings. The molecule has 2 saturated carbocycles. The summed E-state index contributed by atoms with van der Waals surface area (Å²) in [7, 11) is 4.11. The van der Waals surface area contributed by atoms with Gasteiger partial charge in [0.15, 0.2) is 0 Å². The number of rotatable bonds is 4. The number of hydrogen-bond acceptors (Lipinski definition) is 4. The first kappa shape index (κ1) is 15.8. The molecule has 4 nitrogen and oxygen atoms in total. The molecule has 0 aliphatic heterocycles.